The number of hydrogen-bond acceptors (Lipinski definition) is 2. The van der Waals surface area contributed by atoms with E-state index in [-0.39, 0.29) is 5.92 Å². The Labute approximate surface area is 144 Å². The quantitative estimate of drug-likeness (QED) is 0.827. The van der Waals surface area contributed by atoms with Gasteiger partial charge in [0.05, 0.1) is 0 Å². The molecule has 23 heavy (non-hydrogen) atoms. The lowest BCUT2D eigenvalue weighted by molar-refractivity contribution is 0.209. The van der Waals surface area contributed by atoms with Gasteiger partial charge in [0.15, 0.2) is 0 Å². The van der Waals surface area contributed by atoms with Crippen molar-refractivity contribution in [1.29, 1.82) is 0 Å². The molecule has 0 aromatic heterocycles. The number of para-hydroxylation sites is 1. The van der Waals surface area contributed by atoms with Crippen molar-refractivity contribution in [3.05, 3.63) is 63.1 Å². The van der Waals surface area contributed by atoms with Gasteiger partial charge in [-0.05, 0) is 41.9 Å². The van der Waals surface area contributed by atoms with Crippen molar-refractivity contribution in [2.24, 2.45) is 0 Å². The van der Waals surface area contributed by atoms with Gasteiger partial charge in [-0.2, -0.15) is 0 Å². The number of carboxylic acid groups (broad SMARTS) is 1. The zero-order valence-corrected chi connectivity index (χ0v) is 14.0. The van der Waals surface area contributed by atoms with E-state index < -0.39 is 6.09 Å². The highest BCUT2D eigenvalue weighted by molar-refractivity contribution is 6.35. The van der Waals surface area contributed by atoms with E-state index in [9.17, 15) is 4.79 Å². The van der Waals surface area contributed by atoms with Crippen LogP contribution >= 0.6 is 23.2 Å². The van der Waals surface area contributed by atoms with E-state index in [1.165, 1.54) is 0 Å². The van der Waals surface area contributed by atoms with Crippen LogP contribution in [0.2, 0.25) is 10.0 Å². The maximum absolute atomic E-state index is 11.1. The summed E-state index contributed by atoms with van der Waals surface area (Å²) < 4.78 is 0. The molecule has 2 N–H and O–H groups in total. The highest BCUT2D eigenvalue weighted by atomic mass is 35.5. The molecule has 2 aromatic carbocycles. The minimum atomic E-state index is -1.08. The van der Waals surface area contributed by atoms with Gasteiger partial charge < -0.3 is 10.0 Å². The SMILES string of the molecule is CN1Cc2c(Cl)cc(Cl)cc2C(c2ccccc2NC(=O)O)C1. The number of anilines is 1. The zero-order valence-electron chi connectivity index (χ0n) is 12.5. The summed E-state index contributed by atoms with van der Waals surface area (Å²) in [6.07, 6.45) is -1.08. The van der Waals surface area contributed by atoms with Crippen molar-refractivity contribution in [3.63, 3.8) is 0 Å². The van der Waals surface area contributed by atoms with Gasteiger partial charge in [0.2, 0.25) is 0 Å². The summed E-state index contributed by atoms with van der Waals surface area (Å²) in [4.78, 5) is 13.2. The van der Waals surface area contributed by atoms with Crippen LogP contribution < -0.4 is 5.32 Å². The Bertz CT molecular complexity index is 764. The van der Waals surface area contributed by atoms with E-state index in [1.54, 1.807) is 12.1 Å². The average molecular weight is 351 g/mol. The van der Waals surface area contributed by atoms with E-state index in [4.69, 9.17) is 28.3 Å². The first kappa shape index (κ1) is 16.1. The molecule has 0 bridgehead atoms. The zero-order chi connectivity index (χ0) is 16.6. The van der Waals surface area contributed by atoms with Gasteiger partial charge in [0.1, 0.15) is 0 Å². The lowest BCUT2D eigenvalue weighted by Gasteiger charge is -2.34. The Kier molecular flexibility index (Phi) is 4.48. The van der Waals surface area contributed by atoms with Gasteiger partial charge in [0.25, 0.3) is 0 Å². The third kappa shape index (κ3) is 3.29. The third-order valence-electron chi connectivity index (χ3n) is 4.07. The van der Waals surface area contributed by atoms with E-state index in [1.807, 2.05) is 31.3 Å². The molecule has 0 aliphatic carbocycles. The first-order valence-corrected chi connectivity index (χ1v) is 7.96. The van der Waals surface area contributed by atoms with Gasteiger partial charge in [0, 0.05) is 34.7 Å². The van der Waals surface area contributed by atoms with Crippen LogP contribution in [0, 0.1) is 0 Å². The fourth-order valence-corrected chi connectivity index (χ4v) is 3.71. The van der Waals surface area contributed by atoms with Gasteiger partial charge >= 0.3 is 6.09 Å². The van der Waals surface area contributed by atoms with Crippen LogP contribution in [0.25, 0.3) is 0 Å². The number of rotatable bonds is 2. The number of nitrogens with one attached hydrogen (secondary N) is 1. The van der Waals surface area contributed by atoms with E-state index in [0.717, 1.165) is 29.8 Å². The Hall–Kier alpha value is -1.75. The number of amides is 1. The molecular weight excluding hydrogens is 335 g/mol. The molecule has 120 valence electrons. The van der Waals surface area contributed by atoms with Crippen LogP contribution in [0.1, 0.15) is 22.6 Å². The first-order valence-electron chi connectivity index (χ1n) is 7.21. The molecule has 6 heteroatoms. The summed E-state index contributed by atoms with van der Waals surface area (Å²) >= 11 is 12.6. The number of hydrogen-bond donors (Lipinski definition) is 2. The minimum Gasteiger partial charge on any atom is -0.465 e. The molecule has 1 atom stereocenters. The van der Waals surface area contributed by atoms with Gasteiger partial charge in [-0.25, -0.2) is 4.79 Å². The molecule has 0 saturated carbocycles. The maximum Gasteiger partial charge on any atom is 0.409 e. The first-order chi connectivity index (χ1) is 11.0. The summed E-state index contributed by atoms with van der Waals surface area (Å²) in [7, 11) is 2.02. The monoisotopic (exact) mass is 350 g/mol. The van der Waals surface area contributed by atoms with Crippen LogP contribution in [0.15, 0.2) is 36.4 Å². The average Bonchev–Trinajstić information content (AvgIpc) is 2.47. The second-order valence-corrected chi connectivity index (χ2v) is 6.57. The molecule has 1 unspecified atom stereocenters. The van der Waals surface area contributed by atoms with Crippen LogP contribution in [0.5, 0.6) is 0 Å². The summed E-state index contributed by atoms with van der Waals surface area (Å²) in [5, 5.41) is 12.8. The van der Waals surface area contributed by atoms with Crippen molar-refractivity contribution in [1.82, 2.24) is 4.90 Å². The molecule has 1 amide bonds. The summed E-state index contributed by atoms with van der Waals surface area (Å²) in [5.41, 5.74) is 3.60. The van der Waals surface area contributed by atoms with Gasteiger partial charge in [-0.3, -0.25) is 5.32 Å². The van der Waals surface area contributed by atoms with E-state index in [2.05, 4.69) is 10.2 Å². The standard InChI is InChI=1S/C17H16Cl2N2O2/c1-21-8-13(11-4-2-3-5-16(11)20-17(22)23)12-6-10(18)7-15(19)14(12)9-21/h2-7,13,20H,8-9H2,1H3,(H,22,23). The number of halogens is 2. The topological polar surface area (TPSA) is 52.6 Å². The lowest BCUT2D eigenvalue weighted by Crippen LogP contribution is -2.31. The Morgan fingerprint density at radius 2 is 2.00 bits per heavy atom. The predicted octanol–water partition coefficient (Wildman–Crippen LogP) is 4.66. The predicted molar refractivity (Wildman–Crippen MR) is 92.7 cm³/mol. The molecule has 0 fully saturated rings. The largest absolute Gasteiger partial charge is 0.465 e. The normalized spacial score (nSPS) is 17.6. The van der Waals surface area contributed by atoms with Crippen molar-refractivity contribution >= 4 is 35.0 Å². The summed E-state index contributed by atoms with van der Waals surface area (Å²) in [5.74, 6) is 0.00278. The van der Waals surface area contributed by atoms with Crippen LogP contribution in [-0.4, -0.2) is 29.7 Å². The number of likely N-dealkylation sites (N-methyl/N-ethyl adjacent to an activating group) is 1. The highest BCUT2D eigenvalue weighted by Crippen LogP contribution is 2.40. The Balaban J connectivity index is 2.14. The lowest BCUT2D eigenvalue weighted by atomic mass is 9.84. The minimum absolute atomic E-state index is 0.00278. The smallest absolute Gasteiger partial charge is 0.409 e. The molecule has 1 aliphatic rings. The molecule has 0 saturated heterocycles. The summed E-state index contributed by atoms with van der Waals surface area (Å²) in [6.45, 7) is 1.51. The fourth-order valence-electron chi connectivity index (χ4n) is 3.14. The molecule has 0 radical (unpaired) electrons. The fraction of sp³-hybridized carbons (Fsp3) is 0.235. The Morgan fingerprint density at radius 3 is 2.74 bits per heavy atom. The number of fused-ring (bicyclic) bond motifs is 1. The second kappa shape index (κ2) is 6.40. The van der Waals surface area contributed by atoms with Crippen molar-refractivity contribution in [2.75, 3.05) is 18.9 Å². The third-order valence-corrected chi connectivity index (χ3v) is 4.63. The van der Waals surface area contributed by atoms with Crippen molar-refractivity contribution < 1.29 is 9.90 Å². The van der Waals surface area contributed by atoms with Crippen LogP contribution in [0.4, 0.5) is 10.5 Å². The van der Waals surface area contributed by atoms with E-state index >= 15 is 0 Å². The summed E-state index contributed by atoms with van der Waals surface area (Å²) in [6, 6.07) is 11.1. The van der Waals surface area contributed by atoms with Crippen LogP contribution in [0.3, 0.4) is 0 Å². The number of carbonyl (C=O) groups is 1. The number of nitrogens with zero attached hydrogens (tertiary/aromatic N) is 1. The van der Waals surface area contributed by atoms with Crippen molar-refractivity contribution in [2.45, 2.75) is 12.5 Å². The molecule has 1 heterocycles. The highest BCUT2D eigenvalue weighted by Gasteiger charge is 2.28. The maximum atomic E-state index is 11.1. The number of benzene rings is 2. The molecule has 3 rings (SSSR count). The molecule has 1 aliphatic heterocycles. The van der Waals surface area contributed by atoms with Crippen LogP contribution in [-0.2, 0) is 6.54 Å². The molecule has 0 spiro atoms. The van der Waals surface area contributed by atoms with Gasteiger partial charge in [-0.15, -0.1) is 0 Å². The molecule has 2 aromatic rings. The second-order valence-electron chi connectivity index (χ2n) is 5.72. The van der Waals surface area contributed by atoms with E-state index in [0.29, 0.717) is 15.7 Å². The van der Waals surface area contributed by atoms with Gasteiger partial charge in [-0.1, -0.05) is 41.4 Å². The molecule has 4 nitrogen and oxygen atoms in total. The molecular formula is C17H16Cl2N2O2. The van der Waals surface area contributed by atoms with Crippen molar-refractivity contribution in [3.8, 4) is 0 Å². The Morgan fingerprint density at radius 1 is 1.26 bits per heavy atom.